The van der Waals surface area contributed by atoms with Crippen LogP contribution < -0.4 is 0 Å². The molecule has 2 heterocycles. The molecule has 0 unspecified atom stereocenters. The molecule has 0 amide bonds. The fourth-order valence-corrected chi connectivity index (χ4v) is 0.667. The maximum absolute atomic E-state index is 8.68. The molecule has 0 saturated heterocycles. The van der Waals surface area contributed by atoms with Gasteiger partial charge in [-0.3, -0.25) is 0 Å². The van der Waals surface area contributed by atoms with Gasteiger partial charge in [0, 0.05) is 0 Å². The van der Waals surface area contributed by atoms with E-state index in [0.29, 0.717) is 16.1 Å². The molecule has 0 aliphatic heterocycles. The van der Waals surface area contributed by atoms with E-state index in [1.165, 1.54) is 12.5 Å². The molecule has 0 fully saturated rings. The Balaban J connectivity index is 2.88. The van der Waals surface area contributed by atoms with Gasteiger partial charge in [-0.25, -0.2) is 9.97 Å². The Morgan fingerprint density at radius 1 is 1.40 bits per heavy atom. The van der Waals surface area contributed by atoms with Crippen LogP contribution in [-0.2, 0) is 0 Å². The molecule has 2 rings (SSSR count). The van der Waals surface area contributed by atoms with E-state index in [0.717, 1.165) is 0 Å². The normalized spacial score (nSPS) is 10.4. The maximum Gasteiger partial charge on any atom is 0.208 e. The predicted molar refractivity (Wildman–Crippen MR) is 30.3 cm³/mol. The summed E-state index contributed by atoms with van der Waals surface area (Å²) in [6.07, 6.45) is 2.82. The minimum absolute atomic E-state index is 0.387. The molecule has 0 bridgehead atoms. The van der Waals surface area contributed by atoms with Crippen LogP contribution in [0.5, 0.6) is 0 Å². The minimum Gasteiger partial charge on any atom is -0.396 e. The van der Waals surface area contributed by atoms with Crippen molar-refractivity contribution in [2.24, 2.45) is 0 Å². The van der Waals surface area contributed by atoms with Gasteiger partial charge in [0.15, 0.2) is 5.52 Å². The highest BCUT2D eigenvalue weighted by atomic mass is 16.5. The molecule has 0 saturated carbocycles. The van der Waals surface area contributed by atoms with Crippen LogP contribution in [-0.4, -0.2) is 30.3 Å². The quantitative estimate of drug-likeness (QED) is 0.493. The minimum atomic E-state index is 0.387. The van der Waals surface area contributed by atoms with E-state index in [2.05, 4.69) is 20.2 Å². The average Bonchev–Trinajstić information content (AvgIpc) is 2.27. The third-order valence-corrected chi connectivity index (χ3v) is 1.05. The lowest BCUT2D eigenvalue weighted by atomic mass is 10.6. The van der Waals surface area contributed by atoms with Crippen LogP contribution in [0.3, 0.4) is 0 Å². The number of fused-ring (bicyclic) bond motifs is 1. The molecule has 0 atom stereocenters. The molecule has 0 aliphatic carbocycles. The molecule has 1 N–H and O–H groups in total. The van der Waals surface area contributed by atoms with Crippen LogP contribution in [0.15, 0.2) is 12.5 Å². The van der Waals surface area contributed by atoms with Gasteiger partial charge in [0.1, 0.15) is 6.33 Å². The van der Waals surface area contributed by atoms with Crippen molar-refractivity contribution in [1.29, 1.82) is 0 Å². The predicted octanol–water partition coefficient (Wildman–Crippen LogP) is -0.541. The Bertz CT molecular complexity index is 322. The first-order valence-electron chi connectivity index (χ1n) is 2.58. The van der Waals surface area contributed by atoms with Crippen LogP contribution in [0.2, 0.25) is 0 Å². The van der Waals surface area contributed by atoms with Crippen molar-refractivity contribution in [2.75, 3.05) is 0 Å². The van der Waals surface area contributed by atoms with Crippen LogP contribution >= 0.6 is 0 Å². The van der Waals surface area contributed by atoms with Crippen molar-refractivity contribution in [1.82, 2.24) is 25.1 Å². The first-order chi connectivity index (χ1) is 4.86. The summed E-state index contributed by atoms with van der Waals surface area (Å²) in [7, 11) is 0. The zero-order chi connectivity index (χ0) is 6.97. The fourth-order valence-electron chi connectivity index (χ4n) is 0.667. The number of nitrogens with zero attached hydrogens (tertiary/aromatic N) is 5. The Kier molecular flexibility index (Phi) is 0.830. The molecule has 2 aromatic rings. The van der Waals surface area contributed by atoms with Crippen LogP contribution in [0, 0.1) is 0 Å². The summed E-state index contributed by atoms with van der Waals surface area (Å²) in [4.78, 5) is 7.90. The van der Waals surface area contributed by atoms with Gasteiger partial charge in [0.05, 0.1) is 6.20 Å². The van der Waals surface area contributed by atoms with Gasteiger partial charge in [-0.1, -0.05) is 5.10 Å². The zero-order valence-corrected chi connectivity index (χ0v) is 4.84. The lowest BCUT2D eigenvalue weighted by molar-refractivity contribution is 0.113. The van der Waals surface area contributed by atoms with Gasteiger partial charge in [-0.05, 0) is 4.96 Å². The number of aromatic nitrogens is 5. The number of hydrogen-bond donors (Lipinski definition) is 1. The van der Waals surface area contributed by atoms with Gasteiger partial charge in [-0.2, -0.15) is 0 Å². The highest BCUT2D eigenvalue weighted by Crippen LogP contribution is 1.98. The lowest BCUT2D eigenvalue weighted by Crippen LogP contribution is -1.92. The standard InChI is InChI=1S/C4H3N5O/c10-9-7-3-1-5-2-6-4(3)8-9/h1-2,10H. The highest BCUT2D eigenvalue weighted by Gasteiger charge is 1.99. The van der Waals surface area contributed by atoms with Crippen molar-refractivity contribution in [2.45, 2.75) is 0 Å². The molecule has 10 heavy (non-hydrogen) atoms. The van der Waals surface area contributed by atoms with E-state index >= 15 is 0 Å². The third-order valence-electron chi connectivity index (χ3n) is 1.05. The highest BCUT2D eigenvalue weighted by molar-refractivity contribution is 5.66. The molecule has 0 aliphatic rings. The van der Waals surface area contributed by atoms with E-state index in [4.69, 9.17) is 5.21 Å². The van der Waals surface area contributed by atoms with Crippen molar-refractivity contribution in [3.8, 4) is 0 Å². The van der Waals surface area contributed by atoms with Gasteiger partial charge in [-0.15, -0.1) is 5.10 Å². The molecule has 0 aromatic carbocycles. The van der Waals surface area contributed by atoms with Crippen molar-refractivity contribution < 1.29 is 5.21 Å². The maximum atomic E-state index is 8.68. The van der Waals surface area contributed by atoms with E-state index in [1.807, 2.05) is 0 Å². The summed E-state index contributed by atoms with van der Waals surface area (Å²) in [5.74, 6) is 0. The van der Waals surface area contributed by atoms with E-state index in [-0.39, 0.29) is 0 Å². The summed E-state index contributed by atoms with van der Waals surface area (Å²) in [5, 5.41) is 15.8. The molecular formula is C4H3N5O. The van der Waals surface area contributed by atoms with E-state index in [1.54, 1.807) is 0 Å². The molecule has 6 nitrogen and oxygen atoms in total. The van der Waals surface area contributed by atoms with Crippen molar-refractivity contribution >= 4 is 11.2 Å². The molecule has 50 valence electrons. The topological polar surface area (TPSA) is 76.7 Å². The Morgan fingerprint density at radius 3 is 3.10 bits per heavy atom. The second-order valence-corrected chi connectivity index (χ2v) is 1.70. The third kappa shape index (κ3) is 0.586. The second kappa shape index (κ2) is 1.63. The molecule has 6 heteroatoms. The largest absolute Gasteiger partial charge is 0.396 e. The van der Waals surface area contributed by atoms with Crippen LogP contribution in [0.4, 0.5) is 0 Å². The Morgan fingerprint density at radius 2 is 2.30 bits per heavy atom. The number of hydrogen-bond acceptors (Lipinski definition) is 5. The van der Waals surface area contributed by atoms with E-state index in [9.17, 15) is 0 Å². The first-order valence-corrected chi connectivity index (χ1v) is 2.58. The van der Waals surface area contributed by atoms with Gasteiger partial charge < -0.3 is 5.21 Å². The summed E-state index contributed by atoms with van der Waals surface area (Å²) >= 11 is 0. The molecular weight excluding hydrogens is 134 g/mol. The lowest BCUT2D eigenvalue weighted by Gasteiger charge is -1.76. The van der Waals surface area contributed by atoms with Crippen LogP contribution in [0.1, 0.15) is 0 Å². The number of rotatable bonds is 0. The van der Waals surface area contributed by atoms with Crippen LogP contribution in [0.25, 0.3) is 11.2 Å². The van der Waals surface area contributed by atoms with Gasteiger partial charge in [0.25, 0.3) is 0 Å². The SMILES string of the molecule is On1nc2cncnc2n1. The molecule has 2 aromatic heterocycles. The second-order valence-electron chi connectivity index (χ2n) is 1.70. The van der Waals surface area contributed by atoms with Gasteiger partial charge >= 0.3 is 0 Å². The van der Waals surface area contributed by atoms with E-state index < -0.39 is 0 Å². The monoisotopic (exact) mass is 137 g/mol. The Labute approximate surface area is 55.1 Å². The fraction of sp³-hybridized carbons (Fsp3) is 0. The summed E-state index contributed by atoms with van der Waals surface area (Å²) in [6.45, 7) is 0. The van der Waals surface area contributed by atoms with Crippen molar-refractivity contribution in [3.63, 3.8) is 0 Å². The zero-order valence-electron chi connectivity index (χ0n) is 4.84. The summed E-state index contributed by atoms with van der Waals surface area (Å²) < 4.78 is 0. The average molecular weight is 137 g/mol. The van der Waals surface area contributed by atoms with Gasteiger partial charge in [0.2, 0.25) is 5.65 Å². The van der Waals surface area contributed by atoms with Crippen molar-refractivity contribution in [3.05, 3.63) is 12.5 Å². The summed E-state index contributed by atoms with van der Waals surface area (Å²) in [5.41, 5.74) is 0.863. The molecule has 0 spiro atoms. The first kappa shape index (κ1) is 5.10. The Hall–Kier alpha value is -1.72. The summed E-state index contributed by atoms with van der Waals surface area (Å²) in [6, 6.07) is 0. The smallest absolute Gasteiger partial charge is 0.208 e. The molecule has 0 radical (unpaired) electrons.